The molecule has 0 radical (unpaired) electrons. The Kier molecular flexibility index (Phi) is 7.49. The molecule has 3 N–H and O–H groups in total. The van der Waals surface area contributed by atoms with E-state index in [0.717, 1.165) is 24.3 Å². The van der Waals surface area contributed by atoms with Crippen LogP contribution in [0.1, 0.15) is 36.5 Å². The summed E-state index contributed by atoms with van der Waals surface area (Å²) in [4.78, 5) is 21.9. The molecule has 0 saturated carbocycles. The van der Waals surface area contributed by atoms with Crippen molar-refractivity contribution < 1.29 is 19.1 Å². The summed E-state index contributed by atoms with van der Waals surface area (Å²) in [5.74, 6) is 1.05. The van der Waals surface area contributed by atoms with Crippen LogP contribution in [-0.4, -0.2) is 25.0 Å². The molecule has 6 nitrogen and oxygen atoms in total. The number of fused-ring (bicyclic) bond motifs is 1. The van der Waals surface area contributed by atoms with Crippen molar-refractivity contribution in [3.05, 3.63) is 54.1 Å². The van der Waals surface area contributed by atoms with Gasteiger partial charge in [-0.25, -0.2) is 0 Å². The van der Waals surface area contributed by atoms with Gasteiger partial charge in [-0.2, -0.15) is 0 Å². The number of nitrogens with two attached hydrogens (primary N) is 1. The summed E-state index contributed by atoms with van der Waals surface area (Å²) in [7, 11) is 0. The molecule has 3 rings (SSSR count). The highest BCUT2D eigenvalue weighted by Crippen LogP contribution is 2.25. The van der Waals surface area contributed by atoms with Gasteiger partial charge in [0.2, 0.25) is 11.8 Å². The maximum atomic E-state index is 11.1. The zero-order valence-corrected chi connectivity index (χ0v) is 14.9. The molecule has 0 unspecified atom stereocenters. The number of para-hydroxylation sites is 2. The average molecular weight is 356 g/mol. The number of carbonyl (C=O) groups is 2. The topological polar surface area (TPSA) is 90.7 Å². The van der Waals surface area contributed by atoms with Gasteiger partial charge in [-0.15, -0.1) is 0 Å². The van der Waals surface area contributed by atoms with Gasteiger partial charge in [0, 0.05) is 5.56 Å². The summed E-state index contributed by atoms with van der Waals surface area (Å²) >= 11 is 0. The van der Waals surface area contributed by atoms with E-state index in [1.807, 2.05) is 30.3 Å². The quantitative estimate of drug-likeness (QED) is 0.804. The monoisotopic (exact) mass is 356 g/mol. The zero-order valence-electron chi connectivity index (χ0n) is 14.9. The van der Waals surface area contributed by atoms with Crippen molar-refractivity contribution in [3.63, 3.8) is 0 Å². The van der Waals surface area contributed by atoms with Crippen molar-refractivity contribution in [1.82, 2.24) is 0 Å². The fraction of sp³-hybridized carbons (Fsp3) is 0.300. The zero-order chi connectivity index (χ0) is 18.8. The van der Waals surface area contributed by atoms with Gasteiger partial charge in [-0.3, -0.25) is 9.59 Å². The minimum Gasteiger partial charge on any atom is -0.494 e. The molecule has 0 aliphatic carbocycles. The second kappa shape index (κ2) is 10.1. The first-order chi connectivity index (χ1) is 12.6. The Labute approximate surface area is 153 Å². The van der Waals surface area contributed by atoms with Crippen molar-refractivity contribution >= 4 is 17.5 Å². The largest absolute Gasteiger partial charge is 0.494 e. The highest BCUT2D eigenvalue weighted by molar-refractivity contribution is 5.93. The minimum atomic E-state index is -0.425. The summed E-state index contributed by atoms with van der Waals surface area (Å²) in [5.41, 5.74) is 6.39. The van der Waals surface area contributed by atoms with Gasteiger partial charge in [0.05, 0.1) is 25.3 Å². The van der Waals surface area contributed by atoms with Gasteiger partial charge >= 0.3 is 0 Å². The molecule has 0 saturated heterocycles. The number of primary amides is 1. The van der Waals surface area contributed by atoms with E-state index in [4.69, 9.17) is 15.2 Å². The molecule has 2 aromatic carbocycles. The molecular formula is C20H24N2O4. The van der Waals surface area contributed by atoms with Crippen molar-refractivity contribution in [2.75, 3.05) is 18.5 Å². The fourth-order valence-corrected chi connectivity index (χ4v) is 2.24. The van der Waals surface area contributed by atoms with Gasteiger partial charge in [0.1, 0.15) is 11.5 Å². The fourth-order valence-electron chi connectivity index (χ4n) is 2.24. The molecule has 0 aromatic heterocycles. The van der Waals surface area contributed by atoms with E-state index < -0.39 is 5.91 Å². The van der Waals surface area contributed by atoms with E-state index in [-0.39, 0.29) is 5.91 Å². The smallest absolute Gasteiger partial charge is 0.248 e. The minimum absolute atomic E-state index is 0.0138. The van der Waals surface area contributed by atoms with Gasteiger partial charge in [0.15, 0.2) is 0 Å². The molecule has 1 aliphatic rings. The number of ether oxygens (including phenoxy) is 2. The van der Waals surface area contributed by atoms with Gasteiger partial charge < -0.3 is 20.5 Å². The van der Waals surface area contributed by atoms with E-state index >= 15 is 0 Å². The normalized spacial score (nSPS) is 12.4. The molecule has 0 atom stereocenters. The molecule has 1 heterocycles. The van der Waals surface area contributed by atoms with Crippen LogP contribution in [0.5, 0.6) is 11.5 Å². The SMILES string of the molecule is CCCCOc1cccc(C(N)=O)c1.O=C1CCOc2ccccc2N1. The molecular weight excluding hydrogens is 332 g/mol. The van der Waals surface area contributed by atoms with Crippen LogP contribution in [0.2, 0.25) is 0 Å². The molecule has 26 heavy (non-hydrogen) atoms. The number of nitrogens with one attached hydrogen (secondary N) is 1. The van der Waals surface area contributed by atoms with Crippen LogP contribution in [-0.2, 0) is 4.79 Å². The van der Waals surface area contributed by atoms with Crippen LogP contribution in [0.25, 0.3) is 0 Å². The summed E-state index contributed by atoms with van der Waals surface area (Å²) < 4.78 is 10.8. The maximum Gasteiger partial charge on any atom is 0.248 e. The molecule has 0 bridgehead atoms. The lowest BCUT2D eigenvalue weighted by molar-refractivity contribution is -0.116. The van der Waals surface area contributed by atoms with Crippen molar-refractivity contribution in [2.24, 2.45) is 5.73 Å². The van der Waals surface area contributed by atoms with Gasteiger partial charge in [-0.1, -0.05) is 31.5 Å². The van der Waals surface area contributed by atoms with Crippen molar-refractivity contribution in [2.45, 2.75) is 26.2 Å². The molecule has 2 amide bonds. The molecule has 1 aliphatic heterocycles. The Balaban J connectivity index is 0.000000189. The predicted octanol–water partition coefficient (Wildman–Crippen LogP) is 3.37. The number of rotatable bonds is 5. The predicted molar refractivity (Wildman–Crippen MR) is 101 cm³/mol. The summed E-state index contributed by atoms with van der Waals surface area (Å²) in [5, 5.41) is 2.76. The van der Waals surface area contributed by atoms with E-state index in [1.165, 1.54) is 0 Å². The molecule has 0 fully saturated rings. The lowest BCUT2D eigenvalue weighted by Crippen LogP contribution is -2.10. The van der Waals surface area contributed by atoms with Crippen LogP contribution < -0.4 is 20.5 Å². The number of hydrogen-bond donors (Lipinski definition) is 2. The first-order valence-corrected chi connectivity index (χ1v) is 8.64. The first kappa shape index (κ1) is 19.3. The number of benzene rings is 2. The van der Waals surface area contributed by atoms with Crippen LogP contribution in [0.15, 0.2) is 48.5 Å². The lowest BCUT2D eigenvalue weighted by atomic mass is 10.2. The first-order valence-electron chi connectivity index (χ1n) is 8.64. The molecule has 138 valence electrons. The van der Waals surface area contributed by atoms with E-state index in [9.17, 15) is 9.59 Å². The van der Waals surface area contributed by atoms with Crippen LogP contribution in [0.3, 0.4) is 0 Å². The third-order valence-corrected chi connectivity index (χ3v) is 3.63. The lowest BCUT2D eigenvalue weighted by Gasteiger charge is -2.05. The Bertz CT molecular complexity index is 746. The third kappa shape index (κ3) is 6.12. The van der Waals surface area contributed by atoms with Crippen LogP contribution >= 0.6 is 0 Å². The standard InChI is InChI=1S/C11H15NO2.C9H9NO2/c1-2-3-7-14-10-6-4-5-9(8-10)11(12)13;11-9-5-6-12-8-4-2-1-3-7(8)10-9/h4-6,8H,2-3,7H2,1H3,(H2,12,13);1-4H,5-6H2,(H,10,11). The second-order valence-electron chi connectivity index (χ2n) is 5.74. The van der Waals surface area contributed by atoms with Crippen LogP contribution in [0.4, 0.5) is 5.69 Å². The number of hydrogen-bond acceptors (Lipinski definition) is 4. The second-order valence-corrected chi connectivity index (χ2v) is 5.74. The van der Waals surface area contributed by atoms with E-state index in [0.29, 0.717) is 30.9 Å². The van der Waals surface area contributed by atoms with Gasteiger partial charge in [-0.05, 0) is 36.8 Å². The number of anilines is 1. The van der Waals surface area contributed by atoms with Crippen molar-refractivity contribution in [1.29, 1.82) is 0 Å². The van der Waals surface area contributed by atoms with E-state index in [2.05, 4.69) is 12.2 Å². The number of carbonyl (C=O) groups excluding carboxylic acids is 2. The average Bonchev–Trinajstić information content (AvgIpc) is 2.83. The Morgan fingerprint density at radius 1 is 1.23 bits per heavy atom. The summed E-state index contributed by atoms with van der Waals surface area (Å²) in [6.07, 6.45) is 2.53. The Morgan fingerprint density at radius 2 is 2.04 bits per heavy atom. The highest BCUT2D eigenvalue weighted by Gasteiger charge is 2.11. The summed E-state index contributed by atoms with van der Waals surface area (Å²) in [6.45, 7) is 3.24. The Hall–Kier alpha value is -3.02. The number of unbranched alkanes of at least 4 members (excludes halogenated alkanes) is 1. The third-order valence-electron chi connectivity index (χ3n) is 3.63. The Morgan fingerprint density at radius 3 is 2.81 bits per heavy atom. The molecule has 0 spiro atoms. The summed E-state index contributed by atoms with van der Waals surface area (Å²) in [6, 6.07) is 14.4. The van der Waals surface area contributed by atoms with E-state index in [1.54, 1.807) is 18.2 Å². The maximum absolute atomic E-state index is 11.1. The van der Waals surface area contributed by atoms with Crippen LogP contribution in [0, 0.1) is 0 Å². The van der Waals surface area contributed by atoms with Gasteiger partial charge in [0.25, 0.3) is 0 Å². The molecule has 2 aromatic rings. The number of amides is 2. The molecule has 6 heteroatoms. The highest BCUT2D eigenvalue weighted by atomic mass is 16.5. The van der Waals surface area contributed by atoms with Crippen molar-refractivity contribution in [3.8, 4) is 11.5 Å².